The second-order valence-corrected chi connectivity index (χ2v) is 4.90. The van der Waals surface area contributed by atoms with Crippen LogP contribution in [0.15, 0.2) is 54.6 Å². The molecular formula is C17H17NO. The van der Waals surface area contributed by atoms with Crippen molar-refractivity contribution in [3.8, 4) is 0 Å². The van der Waals surface area contributed by atoms with Crippen LogP contribution in [0.25, 0.3) is 0 Å². The quantitative estimate of drug-likeness (QED) is 0.815. The fraction of sp³-hybridized carbons (Fsp3) is 0.235. The van der Waals surface area contributed by atoms with Crippen LogP contribution < -0.4 is 0 Å². The van der Waals surface area contributed by atoms with Crippen molar-refractivity contribution in [1.29, 1.82) is 0 Å². The van der Waals surface area contributed by atoms with Crippen LogP contribution in [0.2, 0.25) is 0 Å². The van der Waals surface area contributed by atoms with Gasteiger partial charge in [0.15, 0.2) is 0 Å². The summed E-state index contributed by atoms with van der Waals surface area (Å²) in [7, 11) is 0. The van der Waals surface area contributed by atoms with Crippen LogP contribution in [-0.4, -0.2) is 17.4 Å². The van der Waals surface area contributed by atoms with Crippen molar-refractivity contribution in [1.82, 2.24) is 4.90 Å². The Morgan fingerprint density at radius 2 is 1.68 bits per heavy atom. The second-order valence-electron chi connectivity index (χ2n) is 4.90. The summed E-state index contributed by atoms with van der Waals surface area (Å²) in [4.78, 5) is 14.5. The third-order valence-electron chi connectivity index (χ3n) is 3.64. The fourth-order valence-corrected chi connectivity index (χ4v) is 2.84. The Bertz CT molecular complexity index is 591. The minimum atomic E-state index is 0.0739. The van der Waals surface area contributed by atoms with Crippen LogP contribution in [0.1, 0.15) is 40.9 Å². The molecule has 0 fully saturated rings. The summed E-state index contributed by atoms with van der Waals surface area (Å²) in [6.45, 7) is 2.91. The number of rotatable bonds is 3. The predicted molar refractivity (Wildman–Crippen MR) is 76.1 cm³/mol. The van der Waals surface area contributed by atoms with Gasteiger partial charge in [-0.05, 0) is 23.6 Å². The number of nitrogens with zero attached hydrogens (tertiary/aromatic N) is 1. The molecular weight excluding hydrogens is 234 g/mol. The maximum atomic E-state index is 12.5. The molecule has 1 aliphatic rings. The summed E-state index contributed by atoms with van der Waals surface area (Å²) < 4.78 is 0. The number of carbonyl (C=O) groups excluding carboxylic acids is 1. The minimum absolute atomic E-state index is 0.0739. The van der Waals surface area contributed by atoms with Gasteiger partial charge in [0.05, 0.1) is 6.04 Å². The molecule has 0 bridgehead atoms. The van der Waals surface area contributed by atoms with E-state index in [0.717, 1.165) is 24.1 Å². The third-order valence-corrected chi connectivity index (χ3v) is 3.64. The predicted octanol–water partition coefficient (Wildman–Crippen LogP) is 3.64. The second kappa shape index (κ2) is 4.88. The normalized spacial score (nSPS) is 17.6. The summed E-state index contributed by atoms with van der Waals surface area (Å²) in [5.41, 5.74) is 3.17. The van der Waals surface area contributed by atoms with Crippen molar-refractivity contribution in [2.24, 2.45) is 0 Å². The molecule has 3 rings (SSSR count). The van der Waals surface area contributed by atoms with Crippen LogP contribution in [0.4, 0.5) is 0 Å². The molecule has 0 spiro atoms. The number of hydrogen-bond donors (Lipinski definition) is 0. The lowest BCUT2D eigenvalue weighted by Gasteiger charge is -2.25. The van der Waals surface area contributed by atoms with Crippen molar-refractivity contribution < 1.29 is 4.79 Å². The van der Waals surface area contributed by atoms with Gasteiger partial charge in [-0.2, -0.15) is 0 Å². The summed E-state index contributed by atoms with van der Waals surface area (Å²) >= 11 is 0. The topological polar surface area (TPSA) is 20.3 Å². The Labute approximate surface area is 113 Å². The van der Waals surface area contributed by atoms with Crippen molar-refractivity contribution in [2.75, 3.05) is 6.54 Å². The van der Waals surface area contributed by atoms with E-state index in [1.165, 1.54) is 5.56 Å². The smallest absolute Gasteiger partial charge is 0.255 e. The highest BCUT2D eigenvalue weighted by atomic mass is 16.2. The molecule has 0 radical (unpaired) electrons. The van der Waals surface area contributed by atoms with Gasteiger partial charge in [0.25, 0.3) is 5.91 Å². The van der Waals surface area contributed by atoms with E-state index in [-0.39, 0.29) is 11.9 Å². The van der Waals surface area contributed by atoms with Gasteiger partial charge in [-0.25, -0.2) is 0 Å². The van der Waals surface area contributed by atoms with E-state index in [9.17, 15) is 4.79 Å². The number of amides is 1. The van der Waals surface area contributed by atoms with Gasteiger partial charge in [-0.1, -0.05) is 55.5 Å². The molecule has 1 heterocycles. The molecule has 0 N–H and O–H groups in total. The fourth-order valence-electron chi connectivity index (χ4n) is 2.84. The number of benzene rings is 2. The lowest BCUT2D eigenvalue weighted by atomic mass is 9.98. The first-order chi connectivity index (χ1) is 9.33. The van der Waals surface area contributed by atoms with Crippen LogP contribution in [-0.2, 0) is 0 Å². The van der Waals surface area contributed by atoms with Gasteiger partial charge >= 0.3 is 0 Å². The van der Waals surface area contributed by atoms with E-state index in [4.69, 9.17) is 0 Å². The first-order valence-electron chi connectivity index (χ1n) is 6.77. The van der Waals surface area contributed by atoms with Crippen molar-refractivity contribution in [2.45, 2.75) is 19.4 Å². The Morgan fingerprint density at radius 1 is 1.00 bits per heavy atom. The van der Waals surface area contributed by atoms with Crippen LogP contribution in [0, 0.1) is 0 Å². The number of carbonyl (C=O) groups is 1. The average Bonchev–Trinajstić information content (AvgIpc) is 2.74. The summed E-state index contributed by atoms with van der Waals surface area (Å²) in [5, 5.41) is 0. The Kier molecular flexibility index (Phi) is 3.08. The van der Waals surface area contributed by atoms with E-state index < -0.39 is 0 Å². The molecule has 0 saturated carbocycles. The van der Waals surface area contributed by atoms with Crippen molar-refractivity contribution >= 4 is 5.91 Å². The lowest BCUT2D eigenvalue weighted by Crippen LogP contribution is -2.29. The van der Waals surface area contributed by atoms with E-state index in [0.29, 0.717) is 0 Å². The Morgan fingerprint density at radius 3 is 2.42 bits per heavy atom. The molecule has 0 saturated heterocycles. The van der Waals surface area contributed by atoms with Gasteiger partial charge in [-0.15, -0.1) is 0 Å². The lowest BCUT2D eigenvalue weighted by molar-refractivity contribution is 0.0750. The molecule has 2 aromatic carbocycles. The van der Waals surface area contributed by atoms with Gasteiger partial charge in [0, 0.05) is 12.1 Å². The zero-order valence-electron chi connectivity index (χ0n) is 11.0. The monoisotopic (exact) mass is 251 g/mol. The number of hydrogen-bond acceptors (Lipinski definition) is 1. The van der Waals surface area contributed by atoms with E-state index in [1.54, 1.807) is 0 Å². The molecule has 0 unspecified atom stereocenters. The summed E-state index contributed by atoms with van der Waals surface area (Å²) in [6, 6.07) is 18.3. The summed E-state index contributed by atoms with van der Waals surface area (Å²) in [5.74, 6) is 0.159. The van der Waals surface area contributed by atoms with E-state index in [1.807, 2.05) is 41.3 Å². The van der Waals surface area contributed by atoms with Crippen molar-refractivity contribution in [3.05, 3.63) is 71.3 Å². The van der Waals surface area contributed by atoms with Crippen molar-refractivity contribution in [3.63, 3.8) is 0 Å². The third kappa shape index (κ3) is 1.93. The average molecular weight is 251 g/mol. The zero-order chi connectivity index (χ0) is 13.2. The molecule has 96 valence electrons. The zero-order valence-corrected chi connectivity index (χ0v) is 11.0. The Balaban J connectivity index is 2.11. The van der Waals surface area contributed by atoms with Gasteiger partial charge in [0.2, 0.25) is 0 Å². The standard InChI is InChI=1S/C17H17NO/c1-2-12-18-16(13-8-4-3-5-9-13)14-10-6-7-11-15(14)17(18)19/h3-11,16H,2,12H2,1H3/t16-/m0/s1. The molecule has 19 heavy (non-hydrogen) atoms. The van der Waals surface area contributed by atoms with Crippen LogP contribution in [0.3, 0.4) is 0 Å². The molecule has 0 aliphatic carbocycles. The molecule has 1 aliphatic heterocycles. The first kappa shape index (κ1) is 12.0. The highest BCUT2D eigenvalue weighted by Gasteiger charge is 2.36. The molecule has 1 atom stereocenters. The highest BCUT2D eigenvalue weighted by Crippen LogP contribution is 2.38. The molecule has 1 amide bonds. The van der Waals surface area contributed by atoms with Gasteiger partial charge in [0.1, 0.15) is 0 Å². The van der Waals surface area contributed by atoms with E-state index >= 15 is 0 Å². The Hall–Kier alpha value is -2.09. The summed E-state index contributed by atoms with van der Waals surface area (Å²) in [6.07, 6.45) is 0.975. The number of fused-ring (bicyclic) bond motifs is 1. The van der Waals surface area contributed by atoms with Gasteiger partial charge < -0.3 is 4.90 Å². The molecule has 2 heteroatoms. The maximum Gasteiger partial charge on any atom is 0.255 e. The van der Waals surface area contributed by atoms with E-state index in [2.05, 4.69) is 25.1 Å². The molecule has 2 aromatic rings. The molecule has 2 nitrogen and oxygen atoms in total. The largest absolute Gasteiger partial charge is 0.327 e. The van der Waals surface area contributed by atoms with Gasteiger partial charge in [-0.3, -0.25) is 4.79 Å². The highest BCUT2D eigenvalue weighted by molar-refractivity contribution is 5.99. The maximum absolute atomic E-state index is 12.5. The SMILES string of the molecule is CCCN1C(=O)c2ccccc2[C@@H]1c1ccccc1. The molecule has 0 aromatic heterocycles. The van der Waals surface area contributed by atoms with Crippen LogP contribution >= 0.6 is 0 Å². The minimum Gasteiger partial charge on any atom is -0.327 e. The van der Waals surface area contributed by atoms with Crippen LogP contribution in [0.5, 0.6) is 0 Å². The first-order valence-corrected chi connectivity index (χ1v) is 6.77.